The average molecular weight is 234 g/mol. The lowest BCUT2D eigenvalue weighted by molar-refractivity contribution is 0.0514. The number of carbonyl (C=O) groups excluding carboxylic acids is 1. The molecule has 17 heavy (non-hydrogen) atoms. The van der Waals surface area contributed by atoms with Crippen LogP contribution < -0.4 is 0 Å². The standard InChI is InChI=1S/C11H10N2O4/c1-2-16-11(15)10-9(12-17-13-10)7-5-3-4-6-8(7)14/h3-6,14H,2H2,1H3. The van der Waals surface area contributed by atoms with Gasteiger partial charge in [0.15, 0.2) is 5.69 Å². The van der Waals surface area contributed by atoms with Crippen LogP contribution in [0.2, 0.25) is 0 Å². The summed E-state index contributed by atoms with van der Waals surface area (Å²) in [7, 11) is 0. The van der Waals surface area contributed by atoms with Crippen LogP contribution in [-0.2, 0) is 4.74 Å². The summed E-state index contributed by atoms with van der Waals surface area (Å²) in [5, 5.41) is 16.7. The number of hydrogen-bond donors (Lipinski definition) is 1. The monoisotopic (exact) mass is 234 g/mol. The number of carbonyl (C=O) groups is 1. The second-order valence-corrected chi connectivity index (χ2v) is 3.20. The lowest BCUT2D eigenvalue weighted by Gasteiger charge is -2.01. The molecule has 0 aliphatic carbocycles. The Morgan fingerprint density at radius 2 is 2.18 bits per heavy atom. The molecule has 6 heteroatoms. The third-order valence-electron chi connectivity index (χ3n) is 2.12. The summed E-state index contributed by atoms with van der Waals surface area (Å²) in [6.07, 6.45) is 0. The number of ether oxygens (including phenoxy) is 1. The van der Waals surface area contributed by atoms with Crippen molar-refractivity contribution in [1.82, 2.24) is 10.3 Å². The first-order chi connectivity index (χ1) is 8.24. The number of aromatic hydroxyl groups is 1. The zero-order valence-corrected chi connectivity index (χ0v) is 9.08. The molecular formula is C11H10N2O4. The van der Waals surface area contributed by atoms with Crippen LogP contribution >= 0.6 is 0 Å². The van der Waals surface area contributed by atoms with Crippen molar-refractivity contribution >= 4 is 5.97 Å². The van der Waals surface area contributed by atoms with Gasteiger partial charge in [-0.05, 0) is 29.4 Å². The van der Waals surface area contributed by atoms with Crippen molar-refractivity contribution in [3.63, 3.8) is 0 Å². The lowest BCUT2D eigenvalue weighted by Crippen LogP contribution is -2.06. The van der Waals surface area contributed by atoms with Gasteiger partial charge in [0.1, 0.15) is 5.75 Å². The van der Waals surface area contributed by atoms with E-state index in [9.17, 15) is 9.90 Å². The summed E-state index contributed by atoms with van der Waals surface area (Å²) in [4.78, 5) is 11.5. The van der Waals surface area contributed by atoms with Crippen molar-refractivity contribution in [1.29, 1.82) is 0 Å². The summed E-state index contributed by atoms with van der Waals surface area (Å²) in [5.41, 5.74) is 0.492. The second kappa shape index (κ2) is 4.65. The molecule has 0 aliphatic heterocycles. The van der Waals surface area contributed by atoms with E-state index < -0.39 is 5.97 Å². The van der Waals surface area contributed by atoms with E-state index in [4.69, 9.17) is 4.74 Å². The molecule has 0 saturated carbocycles. The van der Waals surface area contributed by atoms with Crippen LogP contribution in [-0.4, -0.2) is 28.0 Å². The molecule has 1 heterocycles. The molecule has 6 nitrogen and oxygen atoms in total. The smallest absolute Gasteiger partial charge is 0.362 e. The number of para-hydroxylation sites is 1. The fraction of sp³-hybridized carbons (Fsp3) is 0.182. The minimum Gasteiger partial charge on any atom is -0.507 e. The Hall–Kier alpha value is -2.37. The lowest BCUT2D eigenvalue weighted by atomic mass is 10.1. The predicted octanol–water partition coefficient (Wildman–Crippen LogP) is 1.62. The molecule has 1 aromatic heterocycles. The molecule has 0 spiro atoms. The van der Waals surface area contributed by atoms with Crippen LogP contribution in [0.1, 0.15) is 17.4 Å². The maximum atomic E-state index is 11.5. The Labute approximate surface area is 96.8 Å². The zero-order valence-electron chi connectivity index (χ0n) is 9.08. The van der Waals surface area contributed by atoms with E-state index in [1.807, 2.05) is 0 Å². The van der Waals surface area contributed by atoms with Crippen molar-refractivity contribution in [2.75, 3.05) is 6.61 Å². The molecule has 0 unspecified atom stereocenters. The van der Waals surface area contributed by atoms with Crippen molar-refractivity contribution in [3.05, 3.63) is 30.0 Å². The first-order valence-electron chi connectivity index (χ1n) is 5.02. The molecule has 0 saturated heterocycles. The minimum absolute atomic E-state index is 0.00579. The van der Waals surface area contributed by atoms with Crippen molar-refractivity contribution < 1.29 is 19.3 Å². The largest absolute Gasteiger partial charge is 0.507 e. The Kier molecular flexibility index (Phi) is 3.04. The van der Waals surface area contributed by atoms with Crippen LogP contribution in [0.5, 0.6) is 5.75 Å². The van der Waals surface area contributed by atoms with Gasteiger partial charge in [0.05, 0.1) is 6.61 Å². The normalized spacial score (nSPS) is 10.2. The number of phenolic OH excluding ortho intramolecular Hbond substituents is 1. The number of benzene rings is 1. The molecule has 0 atom stereocenters. The molecule has 2 rings (SSSR count). The van der Waals surface area contributed by atoms with Gasteiger partial charge in [0.25, 0.3) is 0 Å². The Morgan fingerprint density at radius 1 is 1.41 bits per heavy atom. The summed E-state index contributed by atoms with van der Waals surface area (Å²) in [5.74, 6) is -0.638. The molecule has 88 valence electrons. The van der Waals surface area contributed by atoms with Gasteiger partial charge in [0.2, 0.25) is 5.69 Å². The number of aromatic nitrogens is 2. The van der Waals surface area contributed by atoms with Gasteiger partial charge in [-0.15, -0.1) is 0 Å². The van der Waals surface area contributed by atoms with E-state index in [1.54, 1.807) is 25.1 Å². The molecule has 2 aromatic rings. The molecule has 1 N–H and O–H groups in total. The number of phenols is 1. The highest BCUT2D eigenvalue weighted by Crippen LogP contribution is 2.29. The third-order valence-corrected chi connectivity index (χ3v) is 2.12. The van der Waals surface area contributed by atoms with E-state index in [2.05, 4.69) is 14.9 Å². The Morgan fingerprint density at radius 3 is 2.88 bits per heavy atom. The van der Waals surface area contributed by atoms with Gasteiger partial charge >= 0.3 is 5.97 Å². The second-order valence-electron chi connectivity index (χ2n) is 3.20. The van der Waals surface area contributed by atoms with E-state index in [1.165, 1.54) is 6.07 Å². The molecule has 0 bridgehead atoms. The molecule has 0 aliphatic rings. The van der Waals surface area contributed by atoms with E-state index in [-0.39, 0.29) is 23.7 Å². The van der Waals surface area contributed by atoms with Crippen LogP contribution in [0.15, 0.2) is 28.9 Å². The average Bonchev–Trinajstić information content (AvgIpc) is 2.79. The van der Waals surface area contributed by atoms with Gasteiger partial charge < -0.3 is 9.84 Å². The number of rotatable bonds is 3. The topological polar surface area (TPSA) is 85.5 Å². The first-order valence-corrected chi connectivity index (χ1v) is 5.02. The summed E-state index contributed by atoms with van der Waals surface area (Å²) in [6, 6.07) is 6.46. The first kappa shape index (κ1) is 11.1. The van der Waals surface area contributed by atoms with Gasteiger partial charge in [-0.2, -0.15) is 0 Å². The molecule has 0 fully saturated rings. The Bertz CT molecular complexity index is 536. The fourth-order valence-electron chi connectivity index (χ4n) is 1.37. The summed E-state index contributed by atoms with van der Waals surface area (Å²) >= 11 is 0. The van der Waals surface area contributed by atoms with Gasteiger partial charge in [-0.1, -0.05) is 12.1 Å². The molecular weight excluding hydrogens is 224 g/mol. The number of esters is 1. The van der Waals surface area contributed by atoms with Crippen LogP contribution in [0.3, 0.4) is 0 Å². The molecule has 1 aromatic carbocycles. The van der Waals surface area contributed by atoms with Gasteiger partial charge in [-0.3, -0.25) is 0 Å². The maximum Gasteiger partial charge on any atom is 0.362 e. The highest BCUT2D eigenvalue weighted by atomic mass is 16.6. The molecule has 0 amide bonds. The maximum absolute atomic E-state index is 11.5. The van der Waals surface area contributed by atoms with Gasteiger partial charge in [-0.25, -0.2) is 9.42 Å². The van der Waals surface area contributed by atoms with Crippen LogP contribution in [0.25, 0.3) is 11.3 Å². The van der Waals surface area contributed by atoms with Crippen LogP contribution in [0, 0.1) is 0 Å². The van der Waals surface area contributed by atoms with E-state index in [0.717, 1.165) is 0 Å². The summed E-state index contributed by atoms with van der Waals surface area (Å²) < 4.78 is 9.32. The highest BCUT2D eigenvalue weighted by molar-refractivity contribution is 5.94. The minimum atomic E-state index is -0.632. The molecule has 0 radical (unpaired) electrons. The van der Waals surface area contributed by atoms with Crippen molar-refractivity contribution in [3.8, 4) is 17.0 Å². The number of nitrogens with zero attached hydrogens (tertiary/aromatic N) is 2. The zero-order chi connectivity index (χ0) is 12.3. The van der Waals surface area contributed by atoms with Gasteiger partial charge in [0, 0.05) is 5.56 Å². The SMILES string of the molecule is CCOC(=O)c1nonc1-c1ccccc1O. The third kappa shape index (κ3) is 2.10. The fourth-order valence-corrected chi connectivity index (χ4v) is 1.37. The van der Waals surface area contributed by atoms with Crippen molar-refractivity contribution in [2.45, 2.75) is 6.92 Å². The van der Waals surface area contributed by atoms with E-state index >= 15 is 0 Å². The van der Waals surface area contributed by atoms with Crippen molar-refractivity contribution in [2.24, 2.45) is 0 Å². The quantitative estimate of drug-likeness (QED) is 0.812. The van der Waals surface area contributed by atoms with Crippen LogP contribution in [0.4, 0.5) is 0 Å². The highest BCUT2D eigenvalue weighted by Gasteiger charge is 2.22. The predicted molar refractivity (Wildman–Crippen MR) is 57.4 cm³/mol. The summed E-state index contributed by atoms with van der Waals surface area (Å²) in [6.45, 7) is 1.91. The number of hydrogen-bond acceptors (Lipinski definition) is 6. The van der Waals surface area contributed by atoms with E-state index in [0.29, 0.717) is 5.56 Å². The Balaban J connectivity index is 2.44.